The second-order valence-corrected chi connectivity index (χ2v) is 8.30. The number of rotatable bonds is 4. The molecule has 1 fully saturated rings. The maximum atomic E-state index is 11.9. The summed E-state index contributed by atoms with van der Waals surface area (Å²) < 4.78 is 22.2. The molecule has 1 atom stereocenters. The van der Waals surface area contributed by atoms with E-state index < -0.39 is 9.05 Å². The lowest BCUT2D eigenvalue weighted by atomic mass is 10.1. The molecule has 20 heavy (non-hydrogen) atoms. The van der Waals surface area contributed by atoms with E-state index in [1.165, 1.54) is 5.56 Å². The van der Waals surface area contributed by atoms with Crippen molar-refractivity contribution in [2.24, 2.45) is 5.92 Å². The number of carbonyl (C=O) groups excluding carboxylic acids is 1. The van der Waals surface area contributed by atoms with Gasteiger partial charge in [-0.15, -0.1) is 0 Å². The van der Waals surface area contributed by atoms with E-state index in [1.54, 1.807) is 4.90 Å². The first-order valence-corrected chi connectivity index (χ1v) is 8.98. The highest BCUT2D eigenvalue weighted by molar-refractivity contribution is 8.13. The largest absolute Gasteiger partial charge is 0.338 e. The minimum absolute atomic E-state index is 0.00436. The first kappa shape index (κ1) is 15.3. The number of aryl methyl sites for hydroxylation is 2. The maximum Gasteiger partial charge on any atom is 0.232 e. The molecule has 1 aromatic rings. The van der Waals surface area contributed by atoms with Crippen LogP contribution in [0.5, 0.6) is 0 Å². The molecule has 1 aliphatic heterocycles. The third kappa shape index (κ3) is 3.96. The van der Waals surface area contributed by atoms with Crippen molar-refractivity contribution in [2.45, 2.75) is 26.8 Å². The van der Waals surface area contributed by atoms with Crippen molar-refractivity contribution in [1.82, 2.24) is 4.90 Å². The van der Waals surface area contributed by atoms with Crippen LogP contribution in [0.1, 0.15) is 23.1 Å². The Labute approximate surface area is 124 Å². The van der Waals surface area contributed by atoms with Gasteiger partial charge in [-0.05, 0) is 25.0 Å². The lowest BCUT2D eigenvalue weighted by molar-refractivity contribution is -0.128. The van der Waals surface area contributed by atoms with E-state index >= 15 is 0 Å². The Kier molecular flexibility index (Phi) is 4.39. The Balaban J connectivity index is 2.05. The van der Waals surface area contributed by atoms with Gasteiger partial charge in [0.1, 0.15) is 0 Å². The Morgan fingerprint density at radius 1 is 1.35 bits per heavy atom. The van der Waals surface area contributed by atoms with Crippen molar-refractivity contribution >= 4 is 25.6 Å². The normalized spacial score (nSPS) is 19.6. The van der Waals surface area contributed by atoms with Gasteiger partial charge in [-0.3, -0.25) is 4.79 Å². The summed E-state index contributed by atoms with van der Waals surface area (Å²) >= 11 is 0. The van der Waals surface area contributed by atoms with Crippen molar-refractivity contribution < 1.29 is 13.2 Å². The number of likely N-dealkylation sites (tertiary alicyclic amines) is 1. The summed E-state index contributed by atoms with van der Waals surface area (Å²) in [4.78, 5) is 13.7. The molecule has 1 aliphatic rings. The SMILES string of the molecule is Cc1ccc(CN2CC(CS(=O)(=O)Cl)CC2=O)c(C)c1. The van der Waals surface area contributed by atoms with Gasteiger partial charge in [-0.25, -0.2) is 8.42 Å². The number of hydrogen-bond donors (Lipinski definition) is 0. The van der Waals surface area contributed by atoms with Gasteiger partial charge in [0.2, 0.25) is 15.0 Å². The third-order valence-corrected chi connectivity index (χ3v) is 4.84. The molecule has 0 aliphatic carbocycles. The van der Waals surface area contributed by atoms with Gasteiger partial charge < -0.3 is 4.90 Å². The van der Waals surface area contributed by atoms with E-state index in [0.717, 1.165) is 11.1 Å². The van der Waals surface area contributed by atoms with E-state index in [1.807, 2.05) is 26.0 Å². The number of carbonyl (C=O) groups is 1. The Morgan fingerprint density at radius 2 is 2.05 bits per heavy atom. The predicted molar refractivity (Wildman–Crippen MR) is 79.1 cm³/mol. The topological polar surface area (TPSA) is 54.5 Å². The average Bonchev–Trinajstić information content (AvgIpc) is 2.60. The van der Waals surface area contributed by atoms with Crippen molar-refractivity contribution in [3.05, 3.63) is 34.9 Å². The molecule has 1 amide bonds. The van der Waals surface area contributed by atoms with Gasteiger partial charge >= 0.3 is 0 Å². The van der Waals surface area contributed by atoms with Crippen LogP contribution in [0.2, 0.25) is 0 Å². The molecule has 1 aromatic carbocycles. The molecule has 0 aromatic heterocycles. The lowest BCUT2D eigenvalue weighted by Crippen LogP contribution is -2.25. The van der Waals surface area contributed by atoms with Crippen molar-refractivity contribution in [3.63, 3.8) is 0 Å². The van der Waals surface area contributed by atoms with E-state index in [-0.39, 0.29) is 24.0 Å². The molecule has 0 spiro atoms. The summed E-state index contributed by atoms with van der Waals surface area (Å²) in [6.45, 7) is 5.03. The van der Waals surface area contributed by atoms with Crippen LogP contribution in [0, 0.1) is 19.8 Å². The van der Waals surface area contributed by atoms with Crippen LogP contribution in [0.15, 0.2) is 18.2 Å². The maximum absolute atomic E-state index is 11.9. The van der Waals surface area contributed by atoms with Crippen molar-refractivity contribution in [3.8, 4) is 0 Å². The molecule has 4 nitrogen and oxygen atoms in total. The molecule has 1 saturated heterocycles. The first-order valence-electron chi connectivity index (χ1n) is 6.51. The molecule has 1 heterocycles. The number of hydrogen-bond acceptors (Lipinski definition) is 3. The molecule has 110 valence electrons. The fourth-order valence-electron chi connectivity index (χ4n) is 2.63. The minimum atomic E-state index is -3.55. The monoisotopic (exact) mass is 315 g/mol. The van der Waals surface area contributed by atoms with Gasteiger partial charge in [-0.2, -0.15) is 0 Å². The lowest BCUT2D eigenvalue weighted by Gasteiger charge is -2.18. The molecule has 2 rings (SSSR count). The molecule has 0 radical (unpaired) electrons. The number of benzene rings is 1. The van der Waals surface area contributed by atoms with Gasteiger partial charge in [0.15, 0.2) is 0 Å². The summed E-state index contributed by atoms with van der Waals surface area (Å²) in [5.74, 6) is -0.338. The van der Waals surface area contributed by atoms with Crippen LogP contribution in [0.4, 0.5) is 0 Å². The summed E-state index contributed by atoms with van der Waals surface area (Å²) in [7, 11) is 1.71. The van der Waals surface area contributed by atoms with Gasteiger partial charge in [0.25, 0.3) is 0 Å². The van der Waals surface area contributed by atoms with E-state index in [9.17, 15) is 13.2 Å². The van der Waals surface area contributed by atoms with Gasteiger partial charge in [0.05, 0.1) is 5.75 Å². The standard InChI is InChI=1S/C14H18ClNO3S/c1-10-3-4-13(11(2)5-10)8-16-7-12(6-14(16)17)9-20(15,18)19/h3-5,12H,6-9H2,1-2H3. The highest BCUT2D eigenvalue weighted by Crippen LogP contribution is 2.23. The molecule has 1 unspecified atom stereocenters. The van der Waals surface area contributed by atoms with E-state index in [2.05, 4.69) is 6.07 Å². The van der Waals surface area contributed by atoms with Gasteiger partial charge in [0, 0.05) is 36.1 Å². The zero-order valence-electron chi connectivity index (χ0n) is 11.6. The second kappa shape index (κ2) is 5.74. The summed E-state index contributed by atoms with van der Waals surface area (Å²) in [5, 5.41) is 0. The fourth-order valence-corrected chi connectivity index (χ4v) is 3.95. The molecule has 6 heteroatoms. The second-order valence-electron chi connectivity index (χ2n) is 5.48. The van der Waals surface area contributed by atoms with Crippen molar-refractivity contribution in [1.29, 1.82) is 0 Å². The summed E-state index contributed by atoms with van der Waals surface area (Å²) in [5.41, 5.74) is 3.43. The van der Waals surface area contributed by atoms with Crippen LogP contribution in [-0.4, -0.2) is 31.5 Å². The van der Waals surface area contributed by atoms with E-state index in [4.69, 9.17) is 10.7 Å². The quantitative estimate of drug-likeness (QED) is 0.801. The third-order valence-electron chi connectivity index (χ3n) is 3.59. The zero-order valence-corrected chi connectivity index (χ0v) is 13.2. The highest BCUT2D eigenvalue weighted by Gasteiger charge is 2.32. The Hall–Kier alpha value is -1.07. The van der Waals surface area contributed by atoms with Crippen molar-refractivity contribution in [2.75, 3.05) is 12.3 Å². The number of halogens is 1. The summed E-state index contributed by atoms with van der Waals surface area (Å²) in [6, 6.07) is 6.11. The molecular formula is C14H18ClNO3S. The summed E-state index contributed by atoms with van der Waals surface area (Å²) in [6.07, 6.45) is 0.261. The van der Waals surface area contributed by atoms with Gasteiger partial charge in [-0.1, -0.05) is 23.8 Å². The minimum Gasteiger partial charge on any atom is -0.338 e. The van der Waals surface area contributed by atoms with Crippen LogP contribution < -0.4 is 0 Å². The first-order chi connectivity index (χ1) is 9.24. The molecular weight excluding hydrogens is 298 g/mol. The molecule has 0 saturated carbocycles. The predicted octanol–water partition coefficient (Wildman–Crippen LogP) is 2.22. The highest BCUT2D eigenvalue weighted by atomic mass is 35.7. The zero-order chi connectivity index (χ0) is 14.9. The van der Waals surface area contributed by atoms with Crippen LogP contribution in [0.25, 0.3) is 0 Å². The average molecular weight is 316 g/mol. The van der Waals surface area contributed by atoms with Crippen LogP contribution in [-0.2, 0) is 20.4 Å². The van der Waals surface area contributed by atoms with Crippen LogP contribution >= 0.6 is 10.7 Å². The fraction of sp³-hybridized carbons (Fsp3) is 0.500. The number of amides is 1. The molecule has 0 N–H and O–H groups in total. The van der Waals surface area contributed by atoms with Crippen LogP contribution in [0.3, 0.4) is 0 Å². The Bertz CT molecular complexity index is 627. The smallest absolute Gasteiger partial charge is 0.232 e. The Morgan fingerprint density at radius 3 is 2.65 bits per heavy atom. The van der Waals surface area contributed by atoms with E-state index in [0.29, 0.717) is 13.1 Å². The molecule has 0 bridgehead atoms. The number of nitrogens with zero attached hydrogens (tertiary/aromatic N) is 1.